The lowest BCUT2D eigenvalue weighted by atomic mass is 9.96. The molecule has 3 heteroatoms. The van der Waals surface area contributed by atoms with Gasteiger partial charge in [0, 0.05) is 11.6 Å². The number of ether oxygens (including phenoxy) is 1. The molecule has 0 saturated heterocycles. The standard InChI is InChI=1S/C23H30N2O/c1-8-19(9-2)26-21-13-18(7)24-25-20(21)12-17(6)23(25)22-15(4)10-14(3)11-16(22)5/h10-13,19H,8-9H2,1-7H3. The molecule has 0 saturated carbocycles. The zero-order chi connectivity index (χ0) is 19.0. The minimum absolute atomic E-state index is 0.238. The summed E-state index contributed by atoms with van der Waals surface area (Å²) in [4.78, 5) is 0. The molecule has 0 radical (unpaired) electrons. The van der Waals surface area contributed by atoms with Gasteiger partial charge >= 0.3 is 0 Å². The summed E-state index contributed by atoms with van der Waals surface area (Å²) in [6.07, 6.45) is 2.25. The van der Waals surface area contributed by atoms with Crippen LogP contribution in [0.3, 0.4) is 0 Å². The minimum Gasteiger partial charge on any atom is -0.488 e. The summed E-state index contributed by atoms with van der Waals surface area (Å²) in [6.45, 7) is 15.1. The number of rotatable bonds is 5. The highest BCUT2D eigenvalue weighted by atomic mass is 16.5. The highest BCUT2D eigenvalue weighted by molar-refractivity contribution is 5.78. The molecular weight excluding hydrogens is 320 g/mol. The van der Waals surface area contributed by atoms with E-state index in [2.05, 4.69) is 70.3 Å². The van der Waals surface area contributed by atoms with E-state index >= 15 is 0 Å². The molecule has 0 aliphatic carbocycles. The quantitative estimate of drug-likeness (QED) is 0.555. The molecule has 2 aromatic heterocycles. The number of nitrogens with zero attached hydrogens (tertiary/aromatic N) is 2. The van der Waals surface area contributed by atoms with Crippen LogP contribution in [0.25, 0.3) is 16.8 Å². The Morgan fingerprint density at radius 1 is 0.885 bits per heavy atom. The molecule has 3 nitrogen and oxygen atoms in total. The lowest BCUT2D eigenvalue weighted by Gasteiger charge is -2.18. The van der Waals surface area contributed by atoms with Crippen molar-refractivity contribution in [2.45, 2.75) is 67.4 Å². The van der Waals surface area contributed by atoms with Gasteiger partial charge in [0.25, 0.3) is 0 Å². The van der Waals surface area contributed by atoms with Crippen LogP contribution >= 0.6 is 0 Å². The van der Waals surface area contributed by atoms with Gasteiger partial charge in [-0.2, -0.15) is 5.10 Å². The molecule has 3 rings (SSSR count). The van der Waals surface area contributed by atoms with Crippen LogP contribution in [0.4, 0.5) is 0 Å². The van der Waals surface area contributed by atoms with Crippen molar-refractivity contribution in [3.05, 3.63) is 52.2 Å². The summed E-state index contributed by atoms with van der Waals surface area (Å²) in [5, 5.41) is 4.83. The van der Waals surface area contributed by atoms with Crippen LogP contribution in [0.15, 0.2) is 24.3 Å². The van der Waals surface area contributed by atoms with Gasteiger partial charge in [0.05, 0.1) is 17.5 Å². The maximum absolute atomic E-state index is 6.33. The second kappa shape index (κ2) is 7.14. The third-order valence-electron chi connectivity index (χ3n) is 5.14. The van der Waals surface area contributed by atoms with Gasteiger partial charge in [-0.3, -0.25) is 0 Å². The number of hydrogen-bond donors (Lipinski definition) is 0. The van der Waals surface area contributed by atoms with E-state index in [-0.39, 0.29) is 6.10 Å². The average Bonchev–Trinajstić information content (AvgIpc) is 2.88. The van der Waals surface area contributed by atoms with Crippen molar-refractivity contribution in [2.24, 2.45) is 0 Å². The van der Waals surface area contributed by atoms with Gasteiger partial charge in [0.2, 0.25) is 0 Å². The highest BCUT2D eigenvalue weighted by Crippen LogP contribution is 2.35. The molecular formula is C23H30N2O. The van der Waals surface area contributed by atoms with Crippen molar-refractivity contribution < 1.29 is 4.74 Å². The highest BCUT2D eigenvalue weighted by Gasteiger charge is 2.19. The van der Waals surface area contributed by atoms with E-state index in [1.54, 1.807) is 0 Å². The van der Waals surface area contributed by atoms with E-state index < -0.39 is 0 Å². The zero-order valence-corrected chi connectivity index (χ0v) is 17.1. The van der Waals surface area contributed by atoms with E-state index in [9.17, 15) is 0 Å². The molecule has 3 aromatic rings. The minimum atomic E-state index is 0.238. The lowest BCUT2D eigenvalue weighted by molar-refractivity contribution is 0.194. The van der Waals surface area contributed by atoms with E-state index in [0.29, 0.717) is 0 Å². The summed E-state index contributed by atoms with van der Waals surface area (Å²) in [5.41, 5.74) is 9.57. The lowest BCUT2D eigenvalue weighted by Crippen LogP contribution is -2.14. The Morgan fingerprint density at radius 3 is 2.08 bits per heavy atom. The molecule has 0 aliphatic heterocycles. The zero-order valence-electron chi connectivity index (χ0n) is 17.1. The Hall–Kier alpha value is -2.29. The fourth-order valence-corrected chi connectivity index (χ4v) is 3.94. The van der Waals surface area contributed by atoms with E-state index in [0.717, 1.165) is 29.8 Å². The first-order valence-electron chi connectivity index (χ1n) is 9.60. The third kappa shape index (κ3) is 3.23. The van der Waals surface area contributed by atoms with Gasteiger partial charge < -0.3 is 4.74 Å². The van der Waals surface area contributed by atoms with Gasteiger partial charge in [-0.05, 0) is 70.2 Å². The topological polar surface area (TPSA) is 26.5 Å². The number of fused-ring (bicyclic) bond motifs is 1. The molecule has 2 heterocycles. The van der Waals surface area contributed by atoms with Crippen molar-refractivity contribution in [1.82, 2.24) is 9.61 Å². The summed E-state index contributed by atoms with van der Waals surface area (Å²) in [5.74, 6) is 0.933. The first-order chi connectivity index (χ1) is 12.3. The van der Waals surface area contributed by atoms with Gasteiger partial charge in [-0.25, -0.2) is 4.52 Å². The Balaban J connectivity index is 2.26. The van der Waals surface area contributed by atoms with E-state index in [4.69, 9.17) is 9.84 Å². The van der Waals surface area contributed by atoms with Crippen molar-refractivity contribution in [3.8, 4) is 17.0 Å². The molecule has 0 bridgehead atoms. The SMILES string of the molecule is CCC(CC)Oc1cc(C)nn2c(-c3c(C)cc(C)cc3C)c(C)cc12. The predicted molar refractivity (Wildman–Crippen MR) is 109 cm³/mol. The normalized spacial score (nSPS) is 11.5. The Labute approximate surface area is 157 Å². The van der Waals surface area contributed by atoms with E-state index in [1.165, 1.54) is 33.5 Å². The maximum Gasteiger partial charge on any atom is 0.147 e. The van der Waals surface area contributed by atoms with Crippen LogP contribution in [-0.4, -0.2) is 15.7 Å². The van der Waals surface area contributed by atoms with Crippen molar-refractivity contribution in [3.63, 3.8) is 0 Å². The van der Waals surface area contributed by atoms with Gasteiger partial charge in [0.15, 0.2) is 0 Å². The average molecular weight is 351 g/mol. The van der Waals surface area contributed by atoms with Crippen LogP contribution in [0.1, 0.15) is 54.6 Å². The van der Waals surface area contributed by atoms with Gasteiger partial charge in [-0.15, -0.1) is 0 Å². The van der Waals surface area contributed by atoms with Crippen molar-refractivity contribution >= 4 is 5.52 Å². The second-order valence-corrected chi connectivity index (χ2v) is 7.45. The smallest absolute Gasteiger partial charge is 0.147 e. The molecule has 0 unspecified atom stereocenters. The summed E-state index contributed by atoms with van der Waals surface area (Å²) < 4.78 is 8.41. The summed E-state index contributed by atoms with van der Waals surface area (Å²) >= 11 is 0. The number of aryl methyl sites for hydroxylation is 5. The Bertz CT molecular complexity index is 925. The predicted octanol–water partition coefficient (Wildman–Crippen LogP) is 6.11. The van der Waals surface area contributed by atoms with Crippen LogP contribution in [-0.2, 0) is 0 Å². The van der Waals surface area contributed by atoms with Crippen LogP contribution in [0.5, 0.6) is 5.75 Å². The van der Waals surface area contributed by atoms with E-state index in [1.807, 2.05) is 6.92 Å². The fraction of sp³-hybridized carbons (Fsp3) is 0.435. The van der Waals surface area contributed by atoms with Gasteiger partial charge in [-0.1, -0.05) is 31.5 Å². The number of aromatic nitrogens is 2. The summed E-state index contributed by atoms with van der Waals surface area (Å²) in [7, 11) is 0. The number of benzene rings is 1. The largest absolute Gasteiger partial charge is 0.488 e. The van der Waals surface area contributed by atoms with Crippen molar-refractivity contribution in [2.75, 3.05) is 0 Å². The molecule has 0 aliphatic rings. The summed E-state index contributed by atoms with van der Waals surface area (Å²) in [6, 6.07) is 8.76. The number of hydrogen-bond acceptors (Lipinski definition) is 2. The molecule has 1 aromatic carbocycles. The molecule has 0 atom stereocenters. The van der Waals surface area contributed by atoms with Crippen LogP contribution in [0.2, 0.25) is 0 Å². The van der Waals surface area contributed by atoms with Crippen LogP contribution in [0, 0.1) is 34.6 Å². The van der Waals surface area contributed by atoms with Crippen molar-refractivity contribution in [1.29, 1.82) is 0 Å². The Morgan fingerprint density at radius 2 is 1.50 bits per heavy atom. The first kappa shape index (κ1) is 18.5. The Kier molecular flexibility index (Phi) is 5.08. The fourth-order valence-electron chi connectivity index (χ4n) is 3.94. The molecule has 0 N–H and O–H groups in total. The van der Waals surface area contributed by atoms with Crippen LogP contribution < -0.4 is 4.74 Å². The van der Waals surface area contributed by atoms with Gasteiger partial charge in [0.1, 0.15) is 11.3 Å². The molecule has 0 spiro atoms. The molecule has 0 fully saturated rings. The maximum atomic E-state index is 6.33. The molecule has 138 valence electrons. The molecule has 0 amide bonds. The first-order valence-corrected chi connectivity index (χ1v) is 9.60. The molecule has 26 heavy (non-hydrogen) atoms. The second-order valence-electron chi connectivity index (χ2n) is 7.45. The third-order valence-corrected chi connectivity index (χ3v) is 5.14. The monoisotopic (exact) mass is 350 g/mol.